The van der Waals surface area contributed by atoms with Crippen LogP contribution in [0.4, 0.5) is 9.59 Å². The average Bonchev–Trinajstić information content (AvgIpc) is 2.85. The van der Waals surface area contributed by atoms with Crippen LogP contribution in [0.25, 0.3) is 0 Å². The summed E-state index contributed by atoms with van der Waals surface area (Å²) < 4.78 is 10.9. The van der Waals surface area contributed by atoms with Gasteiger partial charge >= 0.3 is 12.2 Å². The molecule has 0 radical (unpaired) electrons. The molecule has 2 saturated heterocycles. The van der Waals surface area contributed by atoms with Gasteiger partial charge in [0.15, 0.2) is 0 Å². The van der Waals surface area contributed by atoms with Gasteiger partial charge < -0.3 is 24.6 Å². The van der Waals surface area contributed by atoms with Crippen LogP contribution in [-0.4, -0.2) is 65.7 Å². The number of rotatable bonds is 6. The summed E-state index contributed by atoms with van der Waals surface area (Å²) >= 11 is 0. The van der Waals surface area contributed by atoms with Gasteiger partial charge in [0.2, 0.25) is 5.91 Å². The molecule has 1 spiro atoms. The first-order valence-corrected chi connectivity index (χ1v) is 12.9. The number of hydrogen-bond acceptors (Lipinski definition) is 5. The van der Waals surface area contributed by atoms with Crippen molar-refractivity contribution in [2.45, 2.75) is 58.3 Å². The molecule has 3 amide bonds. The zero-order valence-corrected chi connectivity index (χ0v) is 21.9. The van der Waals surface area contributed by atoms with Gasteiger partial charge in [-0.05, 0) is 44.7 Å². The third-order valence-electron chi connectivity index (χ3n) is 6.92. The summed E-state index contributed by atoms with van der Waals surface area (Å²) in [4.78, 5) is 42.0. The topological polar surface area (TPSA) is 88.2 Å². The Kier molecular flexibility index (Phi) is 8.05. The van der Waals surface area contributed by atoms with Crippen LogP contribution in [-0.2, 0) is 27.3 Å². The molecule has 0 saturated carbocycles. The lowest BCUT2D eigenvalue weighted by Crippen LogP contribution is -2.65. The van der Waals surface area contributed by atoms with Crippen LogP contribution in [0.5, 0.6) is 0 Å². The van der Waals surface area contributed by atoms with Crippen LogP contribution < -0.4 is 5.32 Å². The summed E-state index contributed by atoms with van der Waals surface area (Å²) in [5.41, 5.74) is 1.29. The monoisotopic (exact) mass is 507 g/mol. The highest BCUT2D eigenvalue weighted by molar-refractivity contribution is 5.86. The Morgan fingerprint density at radius 3 is 2.03 bits per heavy atom. The summed E-state index contributed by atoms with van der Waals surface area (Å²) in [5.74, 6) is -0.106. The molecule has 0 bridgehead atoms. The van der Waals surface area contributed by atoms with Crippen LogP contribution in [0.3, 0.4) is 0 Å². The fourth-order valence-electron chi connectivity index (χ4n) is 4.93. The van der Waals surface area contributed by atoms with Crippen molar-refractivity contribution in [2.24, 2.45) is 5.41 Å². The summed E-state index contributed by atoms with van der Waals surface area (Å²) in [7, 11) is 0. The predicted molar refractivity (Wildman–Crippen MR) is 140 cm³/mol. The van der Waals surface area contributed by atoms with Gasteiger partial charge in [-0.2, -0.15) is 0 Å². The Balaban J connectivity index is 1.29. The molecule has 0 unspecified atom stereocenters. The van der Waals surface area contributed by atoms with E-state index in [2.05, 4.69) is 5.32 Å². The molecule has 2 heterocycles. The number of carbonyl (C=O) groups excluding carboxylic acids is 3. The summed E-state index contributed by atoms with van der Waals surface area (Å²) in [6.45, 7) is 8.12. The second kappa shape index (κ2) is 11.2. The molecule has 2 aromatic carbocycles. The van der Waals surface area contributed by atoms with Gasteiger partial charge in [-0.15, -0.1) is 0 Å². The van der Waals surface area contributed by atoms with Gasteiger partial charge in [0, 0.05) is 38.0 Å². The smallest absolute Gasteiger partial charge is 0.410 e. The van der Waals surface area contributed by atoms with E-state index in [0.717, 1.165) is 24.0 Å². The second-order valence-electron chi connectivity index (χ2n) is 11.1. The van der Waals surface area contributed by atoms with E-state index >= 15 is 0 Å². The molecule has 0 aromatic heterocycles. The Hall–Kier alpha value is -3.55. The van der Waals surface area contributed by atoms with E-state index in [4.69, 9.17) is 9.47 Å². The zero-order valence-electron chi connectivity index (χ0n) is 21.9. The molecule has 198 valence electrons. The Bertz CT molecular complexity index is 1070. The molecule has 8 heteroatoms. The van der Waals surface area contributed by atoms with E-state index in [1.54, 1.807) is 25.7 Å². The fraction of sp³-hybridized carbons (Fsp3) is 0.483. The van der Waals surface area contributed by atoms with Crippen molar-refractivity contribution in [3.63, 3.8) is 0 Å². The number of alkyl carbamates (subject to hydrolysis) is 1. The fourth-order valence-corrected chi connectivity index (χ4v) is 4.93. The van der Waals surface area contributed by atoms with E-state index in [1.165, 1.54) is 0 Å². The maximum atomic E-state index is 13.4. The quantitative estimate of drug-likeness (QED) is 0.627. The maximum Gasteiger partial charge on any atom is 0.410 e. The predicted octanol–water partition coefficient (Wildman–Crippen LogP) is 4.38. The van der Waals surface area contributed by atoms with E-state index in [0.29, 0.717) is 32.6 Å². The third kappa shape index (κ3) is 7.24. The van der Waals surface area contributed by atoms with Crippen LogP contribution in [0.15, 0.2) is 60.7 Å². The summed E-state index contributed by atoms with van der Waals surface area (Å²) in [6, 6.07) is 18.6. The van der Waals surface area contributed by atoms with Crippen molar-refractivity contribution in [3.05, 3.63) is 71.8 Å². The van der Waals surface area contributed by atoms with E-state index in [1.807, 2.05) is 65.6 Å². The van der Waals surface area contributed by atoms with E-state index < -0.39 is 17.7 Å². The molecule has 2 aliphatic heterocycles. The van der Waals surface area contributed by atoms with Crippen LogP contribution >= 0.6 is 0 Å². The highest BCUT2D eigenvalue weighted by Crippen LogP contribution is 2.41. The minimum absolute atomic E-state index is 0.00901. The van der Waals surface area contributed by atoms with Gasteiger partial charge in [-0.25, -0.2) is 9.59 Å². The largest absolute Gasteiger partial charge is 0.445 e. The molecule has 37 heavy (non-hydrogen) atoms. The van der Waals surface area contributed by atoms with E-state index in [9.17, 15) is 14.4 Å². The first-order valence-electron chi connectivity index (χ1n) is 12.9. The molecule has 2 fully saturated rings. The van der Waals surface area contributed by atoms with Crippen LogP contribution in [0, 0.1) is 5.41 Å². The number of carbonyl (C=O) groups is 3. The lowest BCUT2D eigenvalue weighted by molar-refractivity contribution is -0.148. The number of nitrogens with zero attached hydrogens (tertiary/aromatic N) is 2. The van der Waals surface area contributed by atoms with Crippen LogP contribution in [0.1, 0.15) is 44.7 Å². The maximum absolute atomic E-state index is 13.4. The SMILES string of the molecule is CC(C)(C)OC(=O)N[C@H](Cc1ccccc1)C(=O)N1CC2(CCN(C(=O)OCc3ccccc3)CC2)C1. The van der Waals surface area contributed by atoms with Gasteiger partial charge in [-0.1, -0.05) is 60.7 Å². The third-order valence-corrected chi connectivity index (χ3v) is 6.92. The highest BCUT2D eigenvalue weighted by Gasteiger charge is 2.48. The number of hydrogen-bond donors (Lipinski definition) is 1. The van der Waals surface area contributed by atoms with Crippen molar-refractivity contribution in [2.75, 3.05) is 26.2 Å². The van der Waals surface area contributed by atoms with Crippen molar-refractivity contribution < 1.29 is 23.9 Å². The van der Waals surface area contributed by atoms with Gasteiger partial charge in [-0.3, -0.25) is 4.79 Å². The van der Waals surface area contributed by atoms with Crippen LogP contribution in [0.2, 0.25) is 0 Å². The molecule has 2 aromatic rings. The number of benzene rings is 2. The summed E-state index contributed by atoms with van der Waals surface area (Å²) in [6.07, 6.45) is 1.14. The van der Waals surface area contributed by atoms with E-state index in [-0.39, 0.29) is 24.0 Å². The standard InChI is InChI=1S/C29H37N3O5/c1-28(2,3)37-26(34)30-24(18-22-10-6-4-7-11-22)25(33)32-20-29(21-32)14-16-31(17-15-29)27(35)36-19-23-12-8-5-9-13-23/h4-13,24H,14-21H2,1-3H3,(H,30,34)/t24-/m1/s1. The molecule has 0 aliphatic carbocycles. The van der Waals surface area contributed by atoms with Crippen molar-refractivity contribution in [1.29, 1.82) is 0 Å². The van der Waals surface area contributed by atoms with Gasteiger partial charge in [0.05, 0.1) is 0 Å². The summed E-state index contributed by atoms with van der Waals surface area (Å²) in [5, 5.41) is 2.79. The normalized spacial score (nSPS) is 17.5. The van der Waals surface area contributed by atoms with Crippen molar-refractivity contribution in [3.8, 4) is 0 Å². The molecular formula is C29H37N3O5. The van der Waals surface area contributed by atoms with Gasteiger partial charge in [0.25, 0.3) is 0 Å². The first kappa shape index (κ1) is 26.5. The number of ether oxygens (including phenoxy) is 2. The van der Waals surface area contributed by atoms with Crippen molar-refractivity contribution >= 4 is 18.1 Å². The molecule has 1 N–H and O–H groups in total. The molecule has 4 rings (SSSR count). The number of nitrogens with one attached hydrogen (secondary N) is 1. The minimum Gasteiger partial charge on any atom is -0.445 e. The molecule has 2 aliphatic rings. The Morgan fingerprint density at radius 2 is 1.46 bits per heavy atom. The zero-order chi connectivity index (χ0) is 26.5. The number of amides is 3. The Labute approximate surface area is 218 Å². The lowest BCUT2D eigenvalue weighted by Gasteiger charge is -2.54. The molecule has 1 atom stereocenters. The minimum atomic E-state index is -0.706. The number of piperidine rings is 1. The first-order chi connectivity index (χ1) is 17.6. The second-order valence-corrected chi connectivity index (χ2v) is 11.1. The lowest BCUT2D eigenvalue weighted by atomic mass is 9.71. The average molecular weight is 508 g/mol. The highest BCUT2D eigenvalue weighted by atomic mass is 16.6. The van der Waals surface area contributed by atoms with Gasteiger partial charge in [0.1, 0.15) is 18.2 Å². The molecular weight excluding hydrogens is 470 g/mol. The Morgan fingerprint density at radius 1 is 0.892 bits per heavy atom. The number of likely N-dealkylation sites (tertiary alicyclic amines) is 2. The molecule has 8 nitrogen and oxygen atoms in total. The van der Waals surface area contributed by atoms with Crippen molar-refractivity contribution in [1.82, 2.24) is 15.1 Å².